The lowest BCUT2D eigenvalue weighted by Gasteiger charge is -2.39. The first-order chi connectivity index (χ1) is 19.7. The highest BCUT2D eigenvalue weighted by Gasteiger charge is 2.41. The number of aromatic nitrogens is 3. The van der Waals surface area contributed by atoms with E-state index in [0.29, 0.717) is 23.6 Å². The molecular formula is C34H43N5O2. The van der Waals surface area contributed by atoms with Gasteiger partial charge in [0.1, 0.15) is 0 Å². The molecule has 216 valence electrons. The minimum Gasteiger partial charge on any atom is -0.315 e. The van der Waals surface area contributed by atoms with E-state index in [4.69, 9.17) is 10.1 Å². The Morgan fingerprint density at radius 2 is 1.66 bits per heavy atom. The Balaban J connectivity index is 1.41. The molecule has 1 amide bonds. The van der Waals surface area contributed by atoms with E-state index in [1.807, 2.05) is 34.8 Å². The maximum absolute atomic E-state index is 13.7. The zero-order chi connectivity index (χ0) is 28.8. The van der Waals surface area contributed by atoms with Crippen molar-refractivity contribution in [3.63, 3.8) is 0 Å². The summed E-state index contributed by atoms with van der Waals surface area (Å²) in [5.74, 6) is 1.81. The molecule has 0 radical (unpaired) electrons. The van der Waals surface area contributed by atoms with Crippen molar-refractivity contribution in [3.05, 3.63) is 59.4 Å². The van der Waals surface area contributed by atoms with E-state index in [-0.39, 0.29) is 29.4 Å². The van der Waals surface area contributed by atoms with Crippen LogP contribution in [0.1, 0.15) is 87.0 Å². The number of rotatable bonds is 6. The van der Waals surface area contributed by atoms with E-state index in [9.17, 15) is 9.59 Å². The fourth-order valence-electron chi connectivity index (χ4n) is 7.42. The summed E-state index contributed by atoms with van der Waals surface area (Å²) in [5.41, 5.74) is 5.19. The number of likely N-dealkylation sites (tertiary alicyclic amines) is 1. The molecule has 0 N–H and O–H groups in total. The van der Waals surface area contributed by atoms with Gasteiger partial charge in [-0.05, 0) is 101 Å². The smallest absolute Gasteiger partial charge is 0.230 e. The first-order valence-electron chi connectivity index (χ1n) is 15.5. The summed E-state index contributed by atoms with van der Waals surface area (Å²) in [4.78, 5) is 36.2. The SMILES string of the molecule is Cc1ccc(-n2nc(C(=O)C3CCN(C(C)C)CC3)nc2-c2ccc3c(c2)C(C2CCCC2)[C@H](C)C(=O)N3C)cc1. The Hall–Kier alpha value is -3.32. The van der Waals surface area contributed by atoms with E-state index in [0.717, 1.165) is 42.9 Å². The number of hydrogen-bond donors (Lipinski definition) is 0. The van der Waals surface area contributed by atoms with Gasteiger partial charge in [-0.25, -0.2) is 9.67 Å². The standard InChI is InChI=1S/C34H43N5O2/c1-21(2)38-18-16-25(17-19-38)31(40)32-35-33(39(36-32)27-13-10-22(3)11-14-27)26-12-15-29-28(20-26)30(24-8-6-7-9-24)23(4)34(41)37(29)5/h10-15,20-21,23-25,30H,6-9,16-19H2,1-5H3/t23-,30?/m0/s1. The van der Waals surface area contributed by atoms with Gasteiger partial charge in [0.05, 0.1) is 5.69 Å². The van der Waals surface area contributed by atoms with Crippen molar-refractivity contribution in [2.75, 3.05) is 25.0 Å². The van der Waals surface area contributed by atoms with Crippen LogP contribution in [-0.4, -0.2) is 57.5 Å². The second-order valence-corrected chi connectivity index (χ2v) is 12.8. The Morgan fingerprint density at radius 1 is 0.976 bits per heavy atom. The lowest BCUT2D eigenvalue weighted by molar-refractivity contribution is -0.123. The predicted octanol–water partition coefficient (Wildman–Crippen LogP) is 6.43. The minimum absolute atomic E-state index is 0.0428. The van der Waals surface area contributed by atoms with E-state index in [1.165, 1.54) is 36.8 Å². The van der Waals surface area contributed by atoms with Gasteiger partial charge >= 0.3 is 0 Å². The minimum atomic E-state index is -0.0605. The van der Waals surface area contributed by atoms with E-state index in [2.05, 4.69) is 56.9 Å². The molecule has 7 nitrogen and oxygen atoms in total. The van der Waals surface area contributed by atoms with E-state index < -0.39 is 0 Å². The van der Waals surface area contributed by atoms with Gasteiger partial charge in [-0.15, -0.1) is 5.10 Å². The molecule has 3 heterocycles. The van der Waals surface area contributed by atoms with Crippen molar-refractivity contribution in [3.8, 4) is 17.1 Å². The quantitative estimate of drug-likeness (QED) is 0.329. The van der Waals surface area contributed by atoms with Gasteiger partial charge < -0.3 is 9.80 Å². The molecule has 1 saturated carbocycles. The number of benzene rings is 2. The number of Topliss-reactive ketones (excluding diaryl/α,β-unsaturated/α-hetero) is 1. The van der Waals surface area contributed by atoms with Crippen molar-refractivity contribution < 1.29 is 9.59 Å². The number of hydrogen-bond acceptors (Lipinski definition) is 5. The van der Waals surface area contributed by atoms with Crippen molar-refractivity contribution in [1.29, 1.82) is 0 Å². The molecule has 1 saturated heterocycles. The molecule has 0 bridgehead atoms. The van der Waals surface area contributed by atoms with Crippen LogP contribution in [0.3, 0.4) is 0 Å². The summed E-state index contributed by atoms with van der Waals surface area (Å²) in [7, 11) is 1.89. The molecule has 6 rings (SSSR count). The highest BCUT2D eigenvalue weighted by Crippen LogP contribution is 2.49. The number of aryl methyl sites for hydroxylation is 1. The van der Waals surface area contributed by atoms with Crippen LogP contribution < -0.4 is 4.90 Å². The largest absolute Gasteiger partial charge is 0.315 e. The van der Waals surface area contributed by atoms with Crippen molar-refractivity contribution in [2.45, 2.75) is 78.2 Å². The number of nitrogens with zero attached hydrogens (tertiary/aromatic N) is 5. The Bertz CT molecular complexity index is 1430. The van der Waals surface area contributed by atoms with Crippen LogP contribution in [0.4, 0.5) is 5.69 Å². The molecule has 7 heteroatoms. The zero-order valence-corrected chi connectivity index (χ0v) is 25.1. The number of anilines is 1. The van der Waals surface area contributed by atoms with Gasteiger partial charge in [0.15, 0.2) is 5.82 Å². The van der Waals surface area contributed by atoms with Gasteiger partial charge in [-0.2, -0.15) is 0 Å². The van der Waals surface area contributed by atoms with Gasteiger partial charge in [0, 0.05) is 42.1 Å². The molecule has 2 aromatic carbocycles. The third-order valence-electron chi connectivity index (χ3n) is 9.91. The second-order valence-electron chi connectivity index (χ2n) is 12.8. The van der Waals surface area contributed by atoms with Crippen molar-refractivity contribution in [2.24, 2.45) is 17.8 Å². The molecule has 2 atom stereocenters. The molecule has 2 fully saturated rings. The first-order valence-corrected chi connectivity index (χ1v) is 15.5. The molecule has 2 aliphatic heterocycles. The van der Waals surface area contributed by atoms with Crippen molar-refractivity contribution >= 4 is 17.4 Å². The van der Waals surface area contributed by atoms with E-state index in [1.54, 1.807) is 0 Å². The average molecular weight is 554 g/mol. The van der Waals surface area contributed by atoms with Gasteiger partial charge in [-0.1, -0.05) is 37.5 Å². The first kappa shape index (κ1) is 27.8. The number of ketones is 1. The number of amides is 1. The van der Waals surface area contributed by atoms with Crippen LogP contribution in [0, 0.1) is 24.7 Å². The van der Waals surface area contributed by atoms with Crippen LogP contribution in [0.2, 0.25) is 0 Å². The van der Waals surface area contributed by atoms with Gasteiger partial charge in [0.25, 0.3) is 0 Å². The van der Waals surface area contributed by atoms with Crippen LogP contribution in [0.15, 0.2) is 42.5 Å². The Morgan fingerprint density at radius 3 is 2.32 bits per heavy atom. The number of carbonyl (C=O) groups excluding carboxylic acids is 2. The highest BCUT2D eigenvalue weighted by atomic mass is 16.2. The zero-order valence-electron chi connectivity index (χ0n) is 25.1. The second kappa shape index (κ2) is 11.2. The molecule has 1 unspecified atom stereocenters. The average Bonchev–Trinajstić information content (AvgIpc) is 3.67. The summed E-state index contributed by atoms with van der Waals surface area (Å²) < 4.78 is 1.84. The fourth-order valence-corrected chi connectivity index (χ4v) is 7.42. The van der Waals surface area contributed by atoms with Crippen LogP contribution in [-0.2, 0) is 4.79 Å². The van der Waals surface area contributed by atoms with Crippen molar-refractivity contribution in [1.82, 2.24) is 19.7 Å². The lowest BCUT2D eigenvalue weighted by atomic mass is 9.73. The van der Waals surface area contributed by atoms with Gasteiger partial charge in [-0.3, -0.25) is 9.59 Å². The van der Waals surface area contributed by atoms with Crippen LogP contribution >= 0.6 is 0 Å². The fraction of sp³-hybridized carbons (Fsp3) is 0.529. The van der Waals surface area contributed by atoms with E-state index >= 15 is 0 Å². The van der Waals surface area contributed by atoms with Crippen LogP contribution in [0.25, 0.3) is 17.1 Å². The molecular weight excluding hydrogens is 510 g/mol. The predicted molar refractivity (Wildman–Crippen MR) is 163 cm³/mol. The monoisotopic (exact) mass is 553 g/mol. The number of fused-ring (bicyclic) bond motifs is 1. The molecule has 3 aromatic rings. The Labute approximate surface area is 243 Å². The molecule has 0 spiro atoms. The van der Waals surface area contributed by atoms with Crippen LogP contribution in [0.5, 0.6) is 0 Å². The van der Waals surface area contributed by atoms with Gasteiger partial charge in [0.2, 0.25) is 17.5 Å². The maximum Gasteiger partial charge on any atom is 0.230 e. The number of carbonyl (C=O) groups is 2. The maximum atomic E-state index is 13.7. The lowest BCUT2D eigenvalue weighted by Crippen LogP contribution is -2.41. The molecule has 1 aliphatic carbocycles. The summed E-state index contributed by atoms with van der Waals surface area (Å²) in [6.07, 6.45) is 6.48. The third kappa shape index (κ3) is 5.14. The Kier molecular flexibility index (Phi) is 7.58. The molecule has 1 aromatic heterocycles. The summed E-state index contributed by atoms with van der Waals surface area (Å²) in [6.45, 7) is 10.4. The normalized spacial score (nSPS) is 22.5. The topological polar surface area (TPSA) is 71.3 Å². The summed E-state index contributed by atoms with van der Waals surface area (Å²) >= 11 is 0. The number of piperidine rings is 1. The molecule has 3 aliphatic rings. The summed E-state index contributed by atoms with van der Waals surface area (Å²) in [5, 5.41) is 4.84. The third-order valence-corrected chi connectivity index (χ3v) is 9.91. The molecule has 41 heavy (non-hydrogen) atoms. The highest BCUT2D eigenvalue weighted by molar-refractivity contribution is 5.99. The summed E-state index contributed by atoms with van der Waals surface area (Å²) in [6, 6.07) is 15.0.